The third-order valence-corrected chi connectivity index (χ3v) is 6.87. The molecule has 33 heavy (non-hydrogen) atoms. The quantitative estimate of drug-likeness (QED) is 0.266. The van der Waals surface area contributed by atoms with Crippen LogP contribution in [-0.4, -0.2) is 9.38 Å². The highest BCUT2D eigenvalue weighted by atomic mass is 16.3. The maximum absolute atomic E-state index is 7.64. The molecule has 154 valence electrons. The second-order valence-electron chi connectivity index (χ2n) is 8.64. The summed E-state index contributed by atoms with van der Waals surface area (Å²) in [6, 6.07) is 28.7. The molecule has 4 aromatic carbocycles. The highest BCUT2D eigenvalue weighted by Gasteiger charge is 2.23. The number of pyridine rings is 1. The highest BCUT2D eigenvalue weighted by molar-refractivity contribution is 6.32. The van der Waals surface area contributed by atoms with Gasteiger partial charge in [-0.05, 0) is 48.8 Å². The number of furan rings is 1. The van der Waals surface area contributed by atoms with Crippen LogP contribution in [0.2, 0.25) is 0 Å². The van der Waals surface area contributed by atoms with Crippen molar-refractivity contribution >= 4 is 60.0 Å². The van der Waals surface area contributed by atoms with E-state index in [-0.39, 0.29) is 5.56 Å². The Balaban J connectivity index is 1.52. The molecule has 4 heterocycles. The second-order valence-corrected chi connectivity index (χ2v) is 8.64. The number of fused-ring (bicyclic) bond motifs is 10. The molecule has 0 radical (unpaired) electrons. The normalized spacial score (nSPS) is 14.1. The molecule has 0 N–H and O–H groups in total. The highest BCUT2D eigenvalue weighted by Crippen LogP contribution is 2.45. The lowest BCUT2D eigenvalue weighted by Gasteiger charge is -2.03. The fourth-order valence-electron chi connectivity index (χ4n) is 5.46. The summed E-state index contributed by atoms with van der Waals surface area (Å²) in [5.41, 5.74) is 7.09. The van der Waals surface area contributed by atoms with Crippen LogP contribution in [-0.2, 0) is 0 Å². The summed E-state index contributed by atoms with van der Waals surface area (Å²) >= 11 is 0. The zero-order chi connectivity index (χ0) is 24.2. The number of benzene rings is 4. The molecule has 0 aliphatic rings. The first-order valence-corrected chi connectivity index (χ1v) is 11.0. The van der Waals surface area contributed by atoms with E-state index in [2.05, 4.69) is 64.0 Å². The third kappa shape index (κ3) is 2.12. The smallest absolute Gasteiger partial charge is 0.145 e. The Kier molecular flexibility index (Phi) is 2.62. The fraction of sp³-hybridized carbons (Fsp3) is 0.0333. The van der Waals surface area contributed by atoms with E-state index in [1.54, 1.807) is 12.1 Å². The van der Waals surface area contributed by atoms with Crippen molar-refractivity contribution < 1.29 is 8.53 Å². The van der Waals surface area contributed by atoms with Crippen LogP contribution in [0.25, 0.3) is 71.3 Å². The summed E-state index contributed by atoms with van der Waals surface area (Å²) in [6.45, 7) is -2.17. The molecule has 0 spiro atoms. The molecule has 0 fully saturated rings. The molecule has 3 heteroatoms. The van der Waals surface area contributed by atoms with Crippen molar-refractivity contribution in [3.63, 3.8) is 0 Å². The largest absolute Gasteiger partial charge is 0.455 e. The number of nitrogens with zero attached hydrogens (tertiary/aromatic N) is 2. The predicted molar refractivity (Wildman–Crippen MR) is 136 cm³/mol. The molecular weight excluding hydrogens is 404 g/mol. The number of aryl methyl sites for hydroxylation is 1. The van der Waals surface area contributed by atoms with Gasteiger partial charge in [0.25, 0.3) is 0 Å². The van der Waals surface area contributed by atoms with Crippen molar-refractivity contribution in [2.24, 2.45) is 0 Å². The summed E-state index contributed by atoms with van der Waals surface area (Å²) in [7, 11) is 0. The van der Waals surface area contributed by atoms with E-state index in [1.807, 2.05) is 18.2 Å². The molecular formula is C30H18N2O. The zero-order valence-electron chi connectivity index (χ0n) is 20.5. The van der Waals surface area contributed by atoms with Crippen LogP contribution in [0.4, 0.5) is 0 Å². The van der Waals surface area contributed by atoms with Crippen molar-refractivity contribution in [1.29, 1.82) is 0 Å². The average molecular weight is 426 g/mol. The number of hydrogen-bond acceptors (Lipinski definition) is 2. The molecule has 0 aliphatic carbocycles. The van der Waals surface area contributed by atoms with Gasteiger partial charge in [-0.25, -0.2) is 0 Å². The molecule has 0 saturated heterocycles. The van der Waals surface area contributed by atoms with Gasteiger partial charge in [-0.1, -0.05) is 48.5 Å². The first-order valence-electron chi connectivity index (χ1n) is 12.5. The molecule has 0 atom stereocenters. The van der Waals surface area contributed by atoms with Crippen LogP contribution in [0.15, 0.2) is 95.5 Å². The number of aromatic nitrogens is 2. The number of hydrogen-bond donors (Lipinski definition) is 0. The minimum atomic E-state index is -2.17. The van der Waals surface area contributed by atoms with Gasteiger partial charge in [0.2, 0.25) is 0 Å². The molecule has 0 aliphatic heterocycles. The zero-order valence-corrected chi connectivity index (χ0v) is 17.5. The predicted octanol–water partition coefficient (Wildman–Crippen LogP) is 8.11. The Hall–Kier alpha value is -4.37. The maximum atomic E-state index is 7.64. The second kappa shape index (κ2) is 5.90. The minimum Gasteiger partial charge on any atom is -0.455 e. The first kappa shape index (κ1) is 14.6. The van der Waals surface area contributed by atoms with Crippen LogP contribution in [0.3, 0.4) is 0 Å². The molecule has 3 nitrogen and oxygen atoms in total. The SMILES string of the molecule is [2H]C([2H])([2H])c1ccc(-c2ccc3c(c2)c2c4oc5ccccc5c4cc4c5ccccc5n3c42)nc1. The van der Waals surface area contributed by atoms with Crippen LogP contribution in [0.1, 0.15) is 9.68 Å². The van der Waals surface area contributed by atoms with Gasteiger partial charge in [0.1, 0.15) is 11.2 Å². The summed E-state index contributed by atoms with van der Waals surface area (Å²) in [5, 5.41) is 6.81. The molecule has 0 saturated carbocycles. The minimum absolute atomic E-state index is 0.239. The van der Waals surface area contributed by atoms with E-state index in [4.69, 9.17) is 8.53 Å². The van der Waals surface area contributed by atoms with Gasteiger partial charge in [0, 0.05) is 42.8 Å². The van der Waals surface area contributed by atoms with Gasteiger partial charge in [-0.2, -0.15) is 0 Å². The van der Waals surface area contributed by atoms with E-state index in [0.717, 1.165) is 60.5 Å². The fourth-order valence-corrected chi connectivity index (χ4v) is 5.46. The Morgan fingerprint density at radius 1 is 0.758 bits per heavy atom. The third-order valence-electron chi connectivity index (χ3n) is 6.87. The van der Waals surface area contributed by atoms with Gasteiger partial charge < -0.3 is 8.82 Å². The van der Waals surface area contributed by atoms with E-state index in [0.29, 0.717) is 0 Å². The molecule has 8 rings (SSSR count). The molecule has 8 aromatic rings. The van der Waals surface area contributed by atoms with Gasteiger partial charge >= 0.3 is 0 Å². The van der Waals surface area contributed by atoms with Crippen LogP contribution in [0.5, 0.6) is 0 Å². The van der Waals surface area contributed by atoms with Crippen molar-refractivity contribution in [2.75, 3.05) is 0 Å². The standard InChI is InChI=1S/C30H18N2O/c1-17-10-12-24(31-16-17)18-11-13-26-23(14-18)28-29-21(19-6-2-4-8-25(19)32(26)29)15-22-20-7-3-5-9-27(20)33-30(22)28/h2-16H,1H3/i1D3. The Morgan fingerprint density at radius 2 is 1.61 bits per heavy atom. The van der Waals surface area contributed by atoms with Crippen LogP contribution < -0.4 is 0 Å². The average Bonchev–Trinajstić information content (AvgIpc) is 3.54. The van der Waals surface area contributed by atoms with Crippen molar-refractivity contribution in [3.05, 3.63) is 96.7 Å². The summed E-state index contributed by atoms with van der Waals surface area (Å²) < 4.78 is 31.7. The Bertz CT molecular complexity index is 2130. The Labute approximate surface area is 193 Å². The van der Waals surface area contributed by atoms with Crippen molar-refractivity contribution in [1.82, 2.24) is 9.38 Å². The van der Waals surface area contributed by atoms with Crippen molar-refractivity contribution in [2.45, 2.75) is 6.85 Å². The van der Waals surface area contributed by atoms with E-state index < -0.39 is 6.85 Å². The summed E-state index contributed by atoms with van der Waals surface area (Å²) in [6.07, 6.45) is 1.45. The molecule has 0 bridgehead atoms. The maximum Gasteiger partial charge on any atom is 0.145 e. The number of rotatable bonds is 1. The van der Waals surface area contributed by atoms with Crippen LogP contribution in [0, 0.1) is 6.85 Å². The molecule has 0 amide bonds. The van der Waals surface area contributed by atoms with Gasteiger partial charge in [-0.3, -0.25) is 4.98 Å². The Morgan fingerprint density at radius 3 is 2.48 bits per heavy atom. The lowest BCUT2D eigenvalue weighted by Crippen LogP contribution is -1.85. The lowest BCUT2D eigenvalue weighted by molar-refractivity contribution is 0.673. The van der Waals surface area contributed by atoms with E-state index in [9.17, 15) is 0 Å². The summed E-state index contributed by atoms with van der Waals surface area (Å²) in [5.74, 6) is 0. The monoisotopic (exact) mass is 425 g/mol. The molecule has 4 aromatic heterocycles. The van der Waals surface area contributed by atoms with E-state index in [1.165, 1.54) is 17.0 Å². The first-order chi connectivity index (χ1) is 17.5. The summed E-state index contributed by atoms with van der Waals surface area (Å²) in [4.78, 5) is 4.48. The van der Waals surface area contributed by atoms with Gasteiger partial charge in [0.15, 0.2) is 0 Å². The van der Waals surface area contributed by atoms with Gasteiger partial charge in [-0.15, -0.1) is 0 Å². The lowest BCUT2D eigenvalue weighted by atomic mass is 10.0. The van der Waals surface area contributed by atoms with Crippen molar-refractivity contribution in [3.8, 4) is 11.3 Å². The van der Waals surface area contributed by atoms with Crippen LogP contribution >= 0.6 is 0 Å². The number of para-hydroxylation sites is 2. The van der Waals surface area contributed by atoms with E-state index >= 15 is 0 Å². The topological polar surface area (TPSA) is 30.4 Å². The van der Waals surface area contributed by atoms with Gasteiger partial charge in [0.05, 0.1) is 27.6 Å². The molecule has 0 unspecified atom stereocenters.